The predicted molar refractivity (Wildman–Crippen MR) is 61.5 cm³/mol. The lowest BCUT2D eigenvalue weighted by molar-refractivity contribution is 0.255. The van der Waals surface area contributed by atoms with Gasteiger partial charge in [-0.05, 0) is 37.7 Å². The zero-order valence-corrected chi connectivity index (χ0v) is 9.70. The van der Waals surface area contributed by atoms with E-state index in [-0.39, 0.29) is 6.04 Å². The van der Waals surface area contributed by atoms with Gasteiger partial charge in [-0.2, -0.15) is 0 Å². The smallest absolute Gasteiger partial charge is 0.105 e. The van der Waals surface area contributed by atoms with Crippen LogP contribution in [0.1, 0.15) is 50.0 Å². The van der Waals surface area contributed by atoms with Crippen LogP contribution >= 0.6 is 0 Å². The lowest BCUT2D eigenvalue weighted by Crippen LogP contribution is -2.25. The van der Waals surface area contributed by atoms with Crippen molar-refractivity contribution in [1.29, 1.82) is 0 Å². The van der Waals surface area contributed by atoms with E-state index in [2.05, 4.69) is 6.92 Å². The van der Waals surface area contributed by atoms with Crippen LogP contribution in [0.2, 0.25) is 0 Å². The summed E-state index contributed by atoms with van der Waals surface area (Å²) < 4.78 is 5.32. The third-order valence-corrected chi connectivity index (χ3v) is 3.83. The molecule has 1 aliphatic rings. The molecule has 2 N–H and O–H groups in total. The van der Waals surface area contributed by atoms with Crippen molar-refractivity contribution in [3.63, 3.8) is 0 Å². The monoisotopic (exact) mass is 207 g/mol. The molecule has 84 valence electrons. The Balaban J connectivity index is 2.02. The normalized spacial score (nSPS) is 29.0. The highest BCUT2D eigenvalue weighted by Crippen LogP contribution is 2.36. The molecule has 1 aromatic heterocycles. The molecule has 1 aromatic rings. The SMILES string of the molecule is Cc1occc1C(N)C1CCC(C)CC1. The lowest BCUT2D eigenvalue weighted by atomic mass is 9.78. The van der Waals surface area contributed by atoms with Gasteiger partial charge >= 0.3 is 0 Å². The highest BCUT2D eigenvalue weighted by Gasteiger charge is 2.26. The Morgan fingerprint density at radius 1 is 1.33 bits per heavy atom. The van der Waals surface area contributed by atoms with Crippen LogP contribution in [0, 0.1) is 18.8 Å². The summed E-state index contributed by atoms with van der Waals surface area (Å²) in [6.07, 6.45) is 6.94. The topological polar surface area (TPSA) is 39.2 Å². The van der Waals surface area contributed by atoms with E-state index in [0.717, 1.165) is 11.7 Å². The van der Waals surface area contributed by atoms with E-state index in [0.29, 0.717) is 5.92 Å². The van der Waals surface area contributed by atoms with Crippen LogP contribution < -0.4 is 5.73 Å². The maximum atomic E-state index is 6.30. The van der Waals surface area contributed by atoms with Gasteiger partial charge in [0.25, 0.3) is 0 Å². The van der Waals surface area contributed by atoms with E-state index in [1.54, 1.807) is 6.26 Å². The van der Waals surface area contributed by atoms with Crippen LogP contribution in [0.4, 0.5) is 0 Å². The Bertz CT molecular complexity index is 310. The number of aryl methyl sites for hydroxylation is 1. The van der Waals surface area contributed by atoms with E-state index in [9.17, 15) is 0 Å². The van der Waals surface area contributed by atoms with E-state index in [1.165, 1.54) is 31.2 Å². The Labute approximate surface area is 91.8 Å². The minimum atomic E-state index is 0.177. The fourth-order valence-electron chi connectivity index (χ4n) is 2.64. The van der Waals surface area contributed by atoms with Gasteiger partial charge in [0.05, 0.1) is 6.26 Å². The fourth-order valence-corrected chi connectivity index (χ4v) is 2.64. The zero-order chi connectivity index (χ0) is 10.8. The molecule has 1 atom stereocenters. The van der Waals surface area contributed by atoms with Crippen molar-refractivity contribution in [2.45, 2.75) is 45.6 Å². The zero-order valence-electron chi connectivity index (χ0n) is 9.70. The Morgan fingerprint density at radius 2 is 2.00 bits per heavy atom. The maximum absolute atomic E-state index is 6.30. The molecule has 1 unspecified atom stereocenters. The van der Waals surface area contributed by atoms with Gasteiger partial charge in [-0.15, -0.1) is 0 Å². The van der Waals surface area contributed by atoms with Crippen molar-refractivity contribution < 1.29 is 4.42 Å². The van der Waals surface area contributed by atoms with Crippen LogP contribution in [0.3, 0.4) is 0 Å². The minimum Gasteiger partial charge on any atom is -0.469 e. The molecule has 15 heavy (non-hydrogen) atoms. The molecular formula is C13H21NO. The first kappa shape index (κ1) is 10.7. The molecule has 0 spiro atoms. The second-order valence-electron chi connectivity index (χ2n) is 4.98. The molecule has 0 aliphatic heterocycles. The van der Waals surface area contributed by atoms with Crippen LogP contribution in [0.5, 0.6) is 0 Å². The van der Waals surface area contributed by atoms with Gasteiger partial charge in [-0.3, -0.25) is 0 Å². The molecule has 1 heterocycles. The second-order valence-corrected chi connectivity index (χ2v) is 4.98. The van der Waals surface area contributed by atoms with E-state index < -0.39 is 0 Å². The molecule has 2 nitrogen and oxygen atoms in total. The number of nitrogens with two attached hydrogens (primary N) is 1. The average Bonchev–Trinajstić information content (AvgIpc) is 2.65. The van der Waals surface area contributed by atoms with Crippen LogP contribution in [-0.4, -0.2) is 0 Å². The van der Waals surface area contributed by atoms with Crippen LogP contribution in [0.15, 0.2) is 16.7 Å². The van der Waals surface area contributed by atoms with Gasteiger partial charge in [0.15, 0.2) is 0 Å². The summed E-state index contributed by atoms with van der Waals surface area (Å²) in [7, 11) is 0. The Kier molecular flexibility index (Phi) is 3.15. The molecule has 0 saturated heterocycles. The first-order chi connectivity index (χ1) is 7.18. The van der Waals surface area contributed by atoms with Gasteiger partial charge in [-0.25, -0.2) is 0 Å². The van der Waals surface area contributed by atoms with Gasteiger partial charge in [-0.1, -0.05) is 19.8 Å². The molecule has 0 radical (unpaired) electrons. The first-order valence-corrected chi connectivity index (χ1v) is 5.98. The number of hydrogen-bond acceptors (Lipinski definition) is 2. The molecule has 2 heteroatoms. The maximum Gasteiger partial charge on any atom is 0.105 e. The van der Waals surface area contributed by atoms with Crippen molar-refractivity contribution >= 4 is 0 Å². The van der Waals surface area contributed by atoms with E-state index in [4.69, 9.17) is 10.2 Å². The molecular weight excluding hydrogens is 186 g/mol. The summed E-state index contributed by atoms with van der Waals surface area (Å²) in [5.74, 6) is 2.53. The molecule has 2 rings (SSSR count). The average molecular weight is 207 g/mol. The summed E-state index contributed by atoms with van der Waals surface area (Å²) in [6, 6.07) is 2.20. The standard InChI is InChI=1S/C13H21NO/c1-9-3-5-11(6-4-9)13(14)12-7-8-15-10(12)2/h7-9,11,13H,3-6,14H2,1-2H3. The van der Waals surface area contributed by atoms with Crippen molar-refractivity contribution in [3.8, 4) is 0 Å². The van der Waals surface area contributed by atoms with Crippen molar-refractivity contribution in [2.24, 2.45) is 17.6 Å². The van der Waals surface area contributed by atoms with E-state index in [1.807, 2.05) is 13.0 Å². The lowest BCUT2D eigenvalue weighted by Gasteiger charge is -2.30. The summed E-state index contributed by atoms with van der Waals surface area (Å²) in [5, 5.41) is 0. The number of hydrogen-bond donors (Lipinski definition) is 1. The summed E-state index contributed by atoms with van der Waals surface area (Å²) in [5.41, 5.74) is 7.50. The summed E-state index contributed by atoms with van der Waals surface area (Å²) in [6.45, 7) is 4.34. The highest BCUT2D eigenvalue weighted by atomic mass is 16.3. The molecule has 0 amide bonds. The first-order valence-electron chi connectivity index (χ1n) is 5.98. The molecule has 1 aliphatic carbocycles. The Morgan fingerprint density at radius 3 is 2.53 bits per heavy atom. The van der Waals surface area contributed by atoms with Gasteiger partial charge < -0.3 is 10.2 Å². The Hall–Kier alpha value is -0.760. The number of furan rings is 1. The third-order valence-electron chi connectivity index (χ3n) is 3.83. The van der Waals surface area contributed by atoms with Crippen molar-refractivity contribution in [3.05, 3.63) is 23.7 Å². The fraction of sp³-hybridized carbons (Fsp3) is 0.692. The molecule has 1 fully saturated rings. The van der Waals surface area contributed by atoms with Crippen molar-refractivity contribution in [1.82, 2.24) is 0 Å². The quantitative estimate of drug-likeness (QED) is 0.807. The predicted octanol–water partition coefficient (Wildman–Crippen LogP) is 3.41. The van der Waals surface area contributed by atoms with Gasteiger partial charge in [0.2, 0.25) is 0 Å². The molecule has 1 saturated carbocycles. The molecule has 0 bridgehead atoms. The highest BCUT2D eigenvalue weighted by molar-refractivity contribution is 5.20. The van der Waals surface area contributed by atoms with Gasteiger partial charge in [0, 0.05) is 11.6 Å². The van der Waals surface area contributed by atoms with E-state index >= 15 is 0 Å². The van der Waals surface area contributed by atoms with Crippen molar-refractivity contribution in [2.75, 3.05) is 0 Å². The summed E-state index contributed by atoms with van der Waals surface area (Å²) in [4.78, 5) is 0. The number of rotatable bonds is 2. The second kappa shape index (κ2) is 4.40. The van der Waals surface area contributed by atoms with Crippen LogP contribution in [0.25, 0.3) is 0 Å². The minimum absolute atomic E-state index is 0.177. The van der Waals surface area contributed by atoms with Gasteiger partial charge in [0.1, 0.15) is 5.76 Å². The van der Waals surface area contributed by atoms with Crippen LogP contribution in [-0.2, 0) is 0 Å². The largest absolute Gasteiger partial charge is 0.469 e. The third kappa shape index (κ3) is 2.25. The summed E-state index contributed by atoms with van der Waals surface area (Å²) >= 11 is 0. The molecule has 0 aromatic carbocycles.